The molecule has 0 bridgehead atoms. The number of hydrogen-bond donors (Lipinski definition) is 2. The number of rotatable bonds is 8. The highest BCUT2D eigenvalue weighted by Crippen LogP contribution is 2.06. The standard InChI is InChI=1S/C11H18N2O5S/c1-4-8(2)7-19(16,17)18-13-11(15)9(3)5-6-10(12)14/h5-6,8H,3-4,7H2,1-2H3,(H2,12,14)(H,13,15). The molecule has 0 aliphatic carbocycles. The Morgan fingerprint density at radius 1 is 1.42 bits per heavy atom. The van der Waals surface area contributed by atoms with E-state index in [1.165, 1.54) is 0 Å². The SMILES string of the molecule is C=C(C=CC(N)=O)C(=O)NOS(=O)(=O)CC(C)CC. The van der Waals surface area contributed by atoms with Gasteiger partial charge in [-0.25, -0.2) is 5.48 Å². The van der Waals surface area contributed by atoms with E-state index < -0.39 is 21.9 Å². The van der Waals surface area contributed by atoms with Gasteiger partial charge < -0.3 is 5.73 Å². The lowest BCUT2D eigenvalue weighted by atomic mass is 10.2. The lowest BCUT2D eigenvalue weighted by molar-refractivity contribution is -0.123. The van der Waals surface area contributed by atoms with Crippen LogP contribution in [0.3, 0.4) is 0 Å². The highest BCUT2D eigenvalue weighted by atomic mass is 32.2. The second kappa shape index (κ2) is 7.70. The summed E-state index contributed by atoms with van der Waals surface area (Å²) in [6.07, 6.45) is 2.66. The van der Waals surface area contributed by atoms with E-state index in [1.54, 1.807) is 12.4 Å². The summed E-state index contributed by atoms with van der Waals surface area (Å²) >= 11 is 0. The number of nitrogens with two attached hydrogens (primary N) is 1. The van der Waals surface area contributed by atoms with Crippen LogP contribution in [0.2, 0.25) is 0 Å². The van der Waals surface area contributed by atoms with Gasteiger partial charge in [-0.1, -0.05) is 26.8 Å². The molecule has 0 aromatic heterocycles. The van der Waals surface area contributed by atoms with Crippen LogP contribution in [-0.4, -0.2) is 26.0 Å². The molecule has 0 saturated heterocycles. The van der Waals surface area contributed by atoms with Gasteiger partial charge in [-0.05, 0) is 12.0 Å². The number of carbonyl (C=O) groups is 2. The molecule has 0 aromatic rings. The zero-order valence-corrected chi connectivity index (χ0v) is 11.7. The van der Waals surface area contributed by atoms with Gasteiger partial charge >= 0.3 is 0 Å². The molecule has 0 saturated carbocycles. The number of nitrogens with one attached hydrogen (secondary N) is 1. The molecule has 0 aliphatic rings. The van der Waals surface area contributed by atoms with E-state index in [2.05, 4.69) is 10.9 Å². The maximum atomic E-state index is 11.4. The lowest BCUT2D eigenvalue weighted by Gasteiger charge is -2.09. The molecule has 7 nitrogen and oxygen atoms in total. The summed E-state index contributed by atoms with van der Waals surface area (Å²) < 4.78 is 27.2. The fourth-order valence-electron chi connectivity index (χ4n) is 0.926. The van der Waals surface area contributed by atoms with Gasteiger partial charge in [-0.3, -0.25) is 9.59 Å². The van der Waals surface area contributed by atoms with Crippen LogP contribution in [0.5, 0.6) is 0 Å². The molecule has 2 amide bonds. The van der Waals surface area contributed by atoms with Crippen molar-refractivity contribution in [2.75, 3.05) is 5.75 Å². The number of primary amides is 1. The summed E-state index contributed by atoms with van der Waals surface area (Å²) in [6.45, 7) is 6.91. The minimum Gasteiger partial charge on any atom is -0.366 e. The van der Waals surface area contributed by atoms with Gasteiger partial charge in [0.15, 0.2) is 0 Å². The summed E-state index contributed by atoms with van der Waals surface area (Å²) in [5.74, 6) is -1.91. The van der Waals surface area contributed by atoms with Crippen LogP contribution in [0.4, 0.5) is 0 Å². The Morgan fingerprint density at radius 2 is 2.00 bits per heavy atom. The molecule has 0 heterocycles. The Morgan fingerprint density at radius 3 is 2.47 bits per heavy atom. The second-order valence-electron chi connectivity index (χ2n) is 4.01. The molecule has 0 aliphatic heterocycles. The van der Waals surface area contributed by atoms with E-state index in [4.69, 9.17) is 5.73 Å². The van der Waals surface area contributed by atoms with Crippen molar-refractivity contribution in [2.24, 2.45) is 11.7 Å². The Labute approximate surface area is 112 Å². The quantitative estimate of drug-likeness (QED) is 0.371. The van der Waals surface area contributed by atoms with E-state index in [9.17, 15) is 18.0 Å². The maximum Gasteiger partial charge on any atom is 0.288 e. The Kier molecular flexibility index (Phi) is 7.02. The minimum atomic E-state index is -3.84. The van der Waals surface area contributed by atoms with Crippen molar-refractivity contribution in [2.45, 2.75) is 20.3 Å². The Balaban J connectivity index is 4.37. The molecule has 0 spiro atoms. The molecule has 19 heavy (non-hydrogen) atoms. The minimum absolute atomic E-state index is 0.0835. The van der Waals surface area contributed by atoms with Crippen LogP contribution in [0.1, 0.15) is 20.3 Å². The molecule has 0 rings (SSSR count). The first kappa shape index (κ1) is 17.3. The smallest absolute Gasteiger partial charge is 0.288 e. The Bertz CT molecular complexity index is 481. The summed E-state index contributed by atoms with van der Waals surface area (Å²) in [5.41, 5.74) is 6.42. The lowest BCUT2D eigenvalue weighted by Crippen LogP contribution is -2.30. The number of carbonyl (C=O) groups excluding carboxylic acids is 2. The van der Waals surface area contributed by atoms with Crippen LogP contribution in [0.25, 0.3) is 0 Å². The molecule has 1 unspecified atom stereocenters. The summed E-state index contributed by atoms with van der Waals surface area (Å²) in [4.78, 5) is 21.8. The van der Waals surface area contributed by atoms with Crippen LogP contribution < -0.4 is 11.2 Å². The molecule has 0 aromatic carbocycles. The van der Waals surface area contributed by atoms with E-state index in [0.717, 1.165) is 12.2 Å². The van der Waals surface area contributed by atoms with Crippen molar-refractivity contribution >= 4 is 21.9 Å². The van der Waals surface area contributed by atoms with E-state index in [1.807, 2.05) is 6.92 Å². The highest BCUT2D eigenvalue weighted by molar-refractivity contribution is 7.86. The average Bonchev–Trinajstić information content (AvgIpc) is 2.32. The summed E-state index contributed by atoms with van der Waals surface area (Å²) in [5, 5.41) is 0. The van der Waals surface area contributed by atoms with Crippen molar-refractivity contribution in [3.63, 3.8) is 0 Å². The van der Waals surface area contributed by atoms with Gasteiger partial charge in [0.05, 0.1) is 5.75 Å². The first-order valence-corrected chi connectivity index (χ1v) is 7.13. The zero-order valence-electron chi connectivity index (χ0n) is 10.9. The highest BCUT2D eigenvalue weighted by Gasteiger charge is 2.17. The third kappa shape index (κ3) is 8.11. The molecular weight excluding hydrogens is 272 g/mol. The number of hydroxylamine groups is 1. The van der Waals surface area contributed by atoms with E-state index in [-0.39, 0.29) is 17.2 Å². The van der Waals surface area contributed by atoms with Gasteiger partial charge in [-0.2, -0.15) is 8.42 Å². The first-order chi connectivity index (χ1) is 8.68. The van der Waals surface area contributed by atoms with Crippen LogP contribution in [0.15, 0.2) is 24.3 Å². The van der Waals surface area contributed by atoms with Crippen molar-refractivity contribution in [3.05, 3.63) is 24.3 Å². The summed E-state index contributed by atoms with van der Waals surface area (Å²) in [7, 11) is -3.84. The molecule has 108 valence electrons. The molecule has 1 atom stereocenters. The topological polar surface area (TPSA) is 116 Å². The van der Waals surface area contributed by atoms with Gasteiger partial charge in [0, 0.05) is 11.6 Å². The van der Waals surface area contributed by atoms with Crippen LogP contribution in [0, 0.1) is 5.92 Å². The second-order valence-corrected chi connectivity index (χ2v) is 5.63. The zero-order chi connectivity index (χ0) is 15.1. The number of hydrogen-bond acceptors (Lipinski definition) is 5. The molecular formula is C11H18N2O5S. The largest absolute Gasteiger partial charge is 0.366 e. The Hall–Kier alpha value is -1.67. The summed E-state index contributed by atoms with van der Waals surface area (Å²) in [6, 6.07) is 0. The third-order valence-electron chi connectivity index (χ3n) is 2.19. The van der Waals surface area contributed by atoms with Gasteiger partial charge in [0.25, 0.3) is 16.0 Å². The van der Waals surface area contributed by atoms with Crippen LogP contribution >= 0.6 is 0 Å². The van der Waals surface area contributed by atoms with Crippen LogP contribution in [-0.2, 0) is 24.0 Å². The molecule has 0 radical (unpaired) electrons. The first-order valence-electron chi connectivity index (χ1n) is 5.55. The van der Waals surface area contributed by atoms with Crippen molar-refractivity contribution in [1.82, 2.24) is 5.48 Å². The predicted molar refractivity (Wildman–Crippen MR) is 69.9 cm³/mol. The fraction of sp³-hybridized carbons (Fsp3) is 0.455. The van der Waals surface area contributed by atoms with E-state index >= 15 is 0 Å². The molecule has 0 fully saturated rings. The third-order valence-corrected chi connectivity index (χ3v) is 3.50. The van der Waals surface area contributed by atoms with Crippen molar-refractivity contribution in [1.29, 1.82) is 0 Å². The molecule has 8 heteroatoms. The molecule has 3 N–H and O–H groups in total. The average molecular weight is 290 g/mol. The fourth-order valence-corrected chi connectivity index (χ4v) is 2.13. The number of amides is 2. The van der Waals surface area contributed by atoms with E-state index in [0.29, 0.717) is 6.42 Å². The monoisotopic (exact) mass is 290 g/mol. The van der Waals surface area contributed by atoms with Gasteiger partial charge in [0.1, 0.15) is 0 Å². The van der Waals surface area contributed by atoms with Gasteiger partial charge in [0.2, 0.25) is 5.91 Å². The van der Waals surface area contributed by atoms with Crippen molar-refractivity contribution < 1.29 is 22.3 Å². The maximum absolute atomic E-state index is 11.4. The normalized spacial score (nSPS) is 13.2. The van der Waals surface area contributed by atoms with Gasteiger partial charge in [-0.15, -0.1) is 4.28 Å². The van der Waals surface area contributed by atoms with Crippen molar-refractivity contribution in [3.8, 4) is 0 Å². The predicted octanol–water partition coefficient (Wildman–Crippen LogP) is 0.00780.